The molecule has 3 aromatic carbocycles. The number of anilines is 1. The number of carbonyl (C=O) groups is 2. The molecule has 10 heteroatoms. The second kappa shape index (κ2) is 13.8. The molecular formula is C35H43N3O7. The molecule has 1 amide bonds. The van der Waals surface area contributed by atoms with Crippen LogP contribution in [0.25, 0.3) is 0 Å². The molecular weight excluding hydrogens is 574 g/mol. The third-order valence-corrected chi connectivity index (χ3v) is 8.00. The molecule has 0 unspecified atom stereocenters. The van der Waals surface area contributed by atoms with Gasteiger partial charge in [0.25, 0.3) is 5.91 Å². The highest BCUT2D eigenvalue weighted by Gasteiger charge is 2.49. The number of fused-ring (bicyclic) bond motifs is 1. The number of carboxylic acids is 1. The topological polar surface area (TPSA) is 110 Å². The Balaban J connectivity index is 1.44. The van der Waals surface area contributed by atoms with E-state index in [0.29, 0.717) is 37.0 Å². The predicted molar refractivity (Wildman–Crippen MR) is 171 cm³/mol. The number of ether oxygens (including phenoxy) is 4. The number of benzene rings is 3. The van der Waals surface area contributed by atoms with E-state index in [-0.39, 0.29) is 25.3 Å². The number of carbonyl (C=O) groups excluding carboxylic acids is 1. The van der Waals surface area contributed by atoms with Crippen molar-refractivity contribution in [1.82, 2.24) is 10.3 Å². The Morgan fingerprint density at radius 2 is 1.73 bits per heavy atom. The lowest BCUT2D eigenvalue weighted by molar-refractivity contribution is -0.143. The Morgan fingerprint density at radius 3 is 2.40 bits per heavy atom. The minimum absolute atomic E-state index is 0.0124. The van der Waals surface area contributed by atoms with E-state index in [1.54, 1.807) is 0 Å². The van der Waals surface area contributed by atoms with Gasteiger partial charge in [0.15, 0.2) is 11.5 Å². The van der Waals surface area contributed by atoms with Gasteiger partial charge < -0.3 is 24.1 Å². The van der Waals surface area contributed by atoms with Gasteiger partial charge in [-0.1, -0.05) is 42.5 Å². The predicted octanol–water partition coefficient (Wildman–Crippen LogP) is 5.40. The van der Waals surface area contributed by atoms with E-state index in [2.05, 4.69) is 5.43 Å². The highest BCUT2D eigenvalue weighted by molar-refractivity contribution is 5.81. The molecule has 2 N–H and O–H groups in total. The van der Waals surface area contributed by atoms with Gasteiger partial charge in [-0.2, -0.15) is 0 Å². The van der Waals surface area contributed by atoms with Crippen LogP contribution in [0.2, 0.25) is 0 Å². The first-order valence-corrected chi connectivity index (χ1v) is 15.4. The Bertz CT molecular complexity index is 1460. The van der Waals surface area contributed by atoms with Crippen LogP contribution in [0.1, 0.15) is 57.7 Å². The summed E-state index contributed by atoms with van der Waals surface area (Å²) in [6.07, 6.45) is 0.119. The van der Waals surface area contributed by atoms with Crippen molar-refractivity contribution in [2.75, 3.05) is 38.1 Å². The number of para-hydroxylation sites is 2. The van der Waals surface area contributed by atoms with Crippen molar-refractivity contribution in [2.24, 2.45) is 5.92 Å². The van der Waals surface area contributed by atoms with Crippen molar-refractivity contribution in [3.05, 3.63) is 83.9 Å². The van der Waals surface area contributed by atoms with Gasteiger partial charge in [-0.05, 0) is 70.5 Å². The molecule has 0 aliphatic carbocycles. The summed E-state index contributed by atoms with van der Waals surface area (Å²) >= 11 is 0. The Kier molecular flexibility index (Phi) is 9.84. The van der Waals surface area contributed by atoms with E-state index in [1.165, 1.54) is 0 Å². The van der Waals surface area contributed by atoms with Crippen LogP contribution < -0.4 is 24.6 Å². The molecule has 10 nitrogen and oxygen atoms in total. The number of hydrazine groups is 1. The van der Waals surface area contributed by atoms with E-state index in [4.69, 9.17) is 18.9 Å². The first-order chi connectivity index (χ1) is 21.5. The number of hydrogen-bond donors (Lipinski definition) is 2. The van der Waals surface area contributed by atoms with Gasteiger partial charge in [0.2, 0.25) is 6.79 Å². The average Bonchev–Trinajstić information content (AvgIpc) is 3.63. The summed E-state index contributed by atoms with van der Waals surface area (Å²) in [5.41, 5.74) is 5.07. The maximum atomic E-state index is 13.7. The van der Waals surface area contributed by atoms with Gasteiger partial charge in [0.1, 0.15) is 12.4 Å². The molecule has 2 aliphatic rings. The summed E-state index contributed by atoms with van der Waals surface area (Å²) in [4.78, 5) is 28.7. The van der Waals surface area contributed by atoms with Crippen molar-refractivity contribution in [2.45, 2.75) is 58.2 Å². The number of carboxylic acid groups (broad SMARTS) is 1. The molecule has 240 valence electrons. The van der Waals surface area contributed by atoms with Crippen LogP contribution >= 0.6 is 0 Å². The second-order valence-corrected chi connectivity index (χ2v) is 12.6. The van der Waals surface area contributed by atoms with Gasteiger partial charge in [0.05, 0.1) is 36.4 Å². The minimum atomic E-state index is -0.948. The van der Waals surface area contributed by atoms with Crippen molar-refractivity contribution < 1.29 is 33.6 Å². The van der Waals surface area contributed by atoms with Crippen LogP contribution in [-0.2, 0) is 14.3 Å². The highest BCUT2D eigenvalue weighted by Crippen LogP contribution is 2.50. The zero-order chi connectivity index (χ0) is 32.1. The van der Waals surface area contributed by atoms with Crippen LogP contribution in [0.4, 0.5) is 5.69 Å². The zero-order valence-electron chi connectivity index (χ0n) is 26.6. The second-order valence-electron chi connectivity index (χ2n) is 12.6. The van der Waals surface area contributed by atoms with Gasteiger partial charge in [0, 0.05) is 24.1 Å². The Morgan fingerprint density at radius 1 is 1.00 bits per heavy atom. The fourth-order valence-corrected chi connectivity index (χ4v) is 6.10. The van der Waals surface area contributed by atoms with Gasteiger partial charge >= 0.3 is 5.97 Å². The van der Waals surface area contributed by atoms with E-state index >= 15 is 0 Å². The third-order valence-electron chi connectivity index (χ3n) is 8.00. The normalized spacial score (nSPS) is 19.5. The van der Waals surface area contributed by atoms with Crippen molar-refractivity contribution in [3.63, 3.8) is 0 Å². The molecule has 2 aliphatic heterocycles. The molecule has 1 fully saturated rings. The molecule has 3 aromatic rings. The highest BCUT2D eigenvalue weighted by atomic mass is 16.7. The van der Waals surface area contributed by atoms with Gasteiger partial charge in [-0.3, -0.25) is 24.9 Å². The molecule has 0 radical (unpaired) electrons. The lowest BCUT2D eigenvalue weighted by Gasteiger charge is -2.38. The van der Waals surface area contributed by atoms with E-state index in [0.717, 1.165) is 16.8 Å². The first kappa shape index (κ1) is 32.1. The summed E-state index contributed by atoms with van der Waals surface area (Å²) in [6, 6.07) is 22.1. The average molecular weight is 618 g/mol. The molecule has 0 bridgehead atoms. The first-order valence-electron chi connectivity index (χ1n) is 15.4. The van der Waals surface area contributed by atoms with E-state index < -0.39 is 29.4 Å². The number of rotatable bonds is 12. The zero-order valence-corrected chi connectivity index (χ0v) is 26.6. The van der Waals surface area contributed by atoms with Crippen LogP contribution in [0.3, 0.4) is 0 Å². The number of nitrogens with one attached hydrogen (secondary N) is 1. The molecule has 5 rings (SSSR count). The largest absolute Gasteiger partial charge is 0.491 e. The smallest absolute Gasteiger partial charge is 0.309 e. The Labute approximate surface area is 264 Å². The van der Waals surface area contributed by atoms with Crippen molar-refractivity contribution >= 4 is 17.6 Å². The number of amides is 1. The van der Waals surface area contributed by atoms with Gasteiger partial charge in [-0.25, -0.2) is 0 Å². The van der Waals surface area contributed by atoms with Crippen LogP contribution in [-0.4, -0.2) is 66.6 Å². The van der Waals surface area contributed by atoms with Crippen molar-refractivity contribution in [1.29, 1.82) is 0 Å². The maximum Gasteiger partial charge on any atom is 0.309 e. The Hall–Kier alpha value is -4.28. The third kappa shape index (κ3) is 7.51. The SMILES string of the molecule is CC(C)OCCOc1ccc([C@H]2[C@H](C(=O)O)[C@@H](c3cccc4c3OCO4)CN2CC(=O)NN(c2ccccc2)C(C)(C)C)cc1. The molecule has 1 saturated heterocycles. The number of nitrogens with zero attached hydrogens (tertiary/aromatic N) is 2. The molecule has 0 spiro atoms. The monoisotopic (exact) mass is 617 g/mol. The summed E-state index contributed by atoms with van der Waals surface area (Å²) in [5.74, 6) is -0.679. The van der Waals surface area contributed by atoms with E-state index in [9.17, 15) is 14.7 Å². The molecule has 45 heavy (non-hydrogen) atoms. The minimum Gasteiger partial charge on any atom is -0.491 e. The summed E-state index contributed by atoms with van der Waals surface area (Å²) in [7, 11) is 0. The summed E-state index contributed by atoms with van der Waals surface area (Å²) in [6.45, 7) is 11.3. The standard InChI is InChI=1S/C35H43N3O7/c1-23(2)42-18-19-43-26-16-14-24(15-17-26)32-31(34(40)41)28(27-12-9-13-29-33(27)45-22-44-29)20-37(32)21-30(39)36-38(35(3,4)5)25-10-7-6-8-11-25/h6-17,23,28,31-32H,18-22H2,1-5H3,(H,36,39)(H,40,41)/t28-,31-,32+/m1/s1. The quantitative estimate of drug-likeness (QED) is 0.204. The molecule has 0 saturated carbocycles. The van der Waals surface area contributed by atoms with Crippen LogP contribution in [0.5, 0.6) is 17.2 Å². The van der Waals surface area contributed by atoms with Gasteiger partial charge in [-0.15, -0.1) is 0 Å². The number of likely N-dealkylation sites (tertiary alicyclic amines) is 1. The number of aliphatic carboxylic acids is 1. The lowest BCUT2D eigenvalue weighted by atomic mass is 9.82. The fraction of sp³-hybridized carbons (Fsp3) is 0.429. The summed E-state index contributed by atoms with van der Waals surface area (Å²) < 4.78 is 22.8. The molecule has 0 aromatic heterocycles. The van der Waals surface area contributed by atoms with Crippen LogP contribution in [0.15, 0.2) is 72.8 Å². The maximum absolute atomic E-state index is 13.7. The molecule has 2 heterocycles. The molecule has 3 atom stereocenters. The summed E-state index contributed by atoms with van der Waals surface area (Å²) in [5, 5.41) is 12.5. The fourth-order valence-electron chi connectivity index (χ4n) is 6.10. The van der Waals surface area contributed by atoms with E-state index in [1.807, 2.05) is 117 Å². The van der Waals surface area contributed by atoms with Crippen molar-refractivity contribution in [3.8, 4) is 17.2 Å². The number of hydrogen-bond acceptors (Lipinski definition) is 8. The van der Waals surface area contributed by atoms with Crippen LogP contribution in [0, 0.1) is 5.92 Å². The lowest BCUT2D eigenvalue weighted by Crippen LogP contribution is -2.55.